The SMILES string of the molecule is CCCCONC(=O)N(CC)[C@@H](CCC)C(=O)ON(C(C)=O)C(=O)C(C)[C@H]1C=C[C@@H](C)C1. The van der Waals surface area contributed by atoms with Gasteiger partial charge in [-0.3, -0.25) is 14.4 Å². The summed E-state index contributed by atoms with van der Waals surface area (Å²) in [5.74, 6) is -2.27. The van der Waals surface area contributed by atoms with Crippen LogP contribution in [0.5, 0.6) is 0 Å². The molecule has 1 rings (SSSR count). The van der Waals surface area contributed by atoms with Gasteiger partial charge >= 0.3 is 12.0 Å². The second kappa shape index (κ2) is 13.9. The number of nitrogens with one attached hydrogen (secondary N) is 1. The number of rotatable bonds is 11. The quantitative estimate of drug-likeness (QED) is 0.291. The summed E-state index contributed by atoms with van der Waals surface area (Å²) < 4.78 is 0. The van der Waals surface area contributed by atoms with Crippen molar-refractivity contribution >= 4 is 23.8 Å². The van der Waals surface area contributed by atoms with E-state index in [9.17, 15) is 19.2 Å². The Morgan fingerprint density at radius 3 is 2.31 bits per heavy atom. The molecule has 9 heteroatoms. The molecule has 0 spiro atoms. The van der Waals surface area contributed by atoms with Crippen molar-refractivity contribution in [3.8, 4) is 0 Å². The van der Waals surface area contributed by atoms with Gasteiger partial charge in [0.2, 0.25) is 0 Å². The van der Waals surface area contributed by atoms with E-state index in [0.717, 1.165) is 19.3 Å². The van der Waals surface area contributed by atoms with Crippen LogP contribution in [0.3, 0.4) is 0 Å². The number of unbranched alkanes of at least 4 members (excludes halogenated alkanes) is 1. The zero-order valence-electron chi connectivity index (χ0n) is 20.3. The molecular weight excluding hydrogens is 414 g/mol. The Morgan fingerprint density at radius 1 is 1.12 bits per heavy atom. The summed E-state index contributed by atoms with van der Waals surface area (Å²) in [6.07, 6.45) is 7.41. The molecule has 1 aliphatic carbocycles. The molecule has 0 fully saturated rings. The van der Waals surface area contributed by atoms with Gasteiger partial charge in [-0.05, 0) is 38.0 Å². The zero-order valence-corrected chi connectivity index (χ0v) is 20.3. The van der Waals surface area contributed by atoms with Crippen LogP contribution in [0.2, 0.25) is 0 Å². The molecule has 0 aromatic rings. The Bertz CT molecular complexity index is 681. The molecule has 32 heavy (non-hydrogen) atoms. The maximum Gasteiger partial charge on any atom is 0.355 e. The fourth-order valence-electron chi connectivity index (χ4n) is 3.64. The van der Waals surface area contributed by atoms with Crippen molar-refractivity contribution in [2.75, 3.05) is 13.2 Å². The monoisotopic (exact) mass is 453 g/mol. The van der Waals surface area contributed by atoms with Gasteiger partial charge < -0.3 is 9.74 Å². The third-order valence-corrected chi connectivity index (χ3v) is 5.60. The van der Waals surface area contributed by atoms with E-state index in [1.54, 1.807) is 13.8 Å². The first-order chi connectivity index (χ1) is 15.2. The van der Waals surface area contributed by atoms with Crippen molar-refractivity contribution < 1.29 is 28.9 Å². The fraction of sp³-hybridized carbons (Fsp3) is 0.739. The molecule has 1 aliphatic rings. The van der Waals surface area contributed by atoms with Crippen LogP contribution in [0.4, 0.5) is 4.79 Å². The standard InChI is InChI=1S/C23H39N3O6/c1-7-10-14-31-24-23(30)25(9-3)20(11-8-2)22(29)32-26(18(6)27)21(28)17(5)19-13-12-16(4)15-19/h12-13,16-17,19-20H,7-11,14-15H2,1-6H3,(H,24,30)/t16-,17?,19+,20+/m1/s1. The summed E-state index contributed by atoms with van der Waals surface area (Å²) in [5, 5.41) is 0.538. The summed E-state index contributed by atoms with van der Waals surface area (Å²) in [4.78, 5) is 62.4. The lowest BCUT2D eigenvalue weighted by molar-refractivity contribution is -0.207. The molecule has 1 N–H and O–H groups in total. The molecule has 182 valence electrons. The minimum Gasteiger partial charge on any atom is -0.328 e. The molecule has 4 amide bonds. The molecular formula is C23H39N3O6. The summed E-state index contributed by atoms with van der Waals surface area (Å²) in [7, 11) is 0. The van der Waals surface area contributed by atoms with Crippen molar-refractivity contribution in [2.24, 2.45) is 17.8 Å². The summed E-state index contributed by atoms with van der Waals surface area (Å²) in [6.45, 7) is 11.1. The first-order valence-corrected chi connectivity index (χ1v) is 11.6. The number of nitrogens with zero attached hydrogens (tertiary/aromatic N) is 2. The summed E-state index contributed by atoms with van der Waals surface area (Å²) in [6, 6.07) is -1.53. The Kier molecular flexibility index (Phi) is 12.0. The molecule has 4 atom stereocenters. The number of hydrogen-bond acceptors (Lipinski definition) is 6. The smallest absolute Gasteiger partial charge is 0.328 e. The fourth-order valence-corrected chi connectivity index (χ4v) is 3.64. The van der Waals surface area contributed by atoms with E-state index in [0.29, 0.717) is 30.4 Å². The third-order valence-electron chi connectivity index (χ3n) is 5.60. The third kappa shape index (κ3) is 7.93. The van der Waals surface area contributed by atoms with E-state index in [2.05, 4.69) is 12.4 Å². The van der Waals surface area contributed by atoms with E-state index >= 15 is 0 Å². The van der Waals surface area contributed by atoms with Crippen LogP contribution in [0, 0.1) is 17.8 Å². The van der Waals surface area contributed by atoms with Crippen LogP contribution in [-0.4, -0.2) is 53.0 Å². The first-order valence-electron chi connectivity index (χ1n) is 11.6. The van der Waals surface area contributed by atoms with Crippen LogP contribution in [0.15, 0.2) is 12.2 Å². The van der Waals surface area contributed by atoms with Crippen molar-refractivity contribution in [3.63, 3.8) is 0 Å². The van der Waals surface area contributed by atoms with Crippen LogP contribution >= 0.6 is 0 Å². The van der Waals surface area contributed by atoms with Gasteiger partial charge in [0.15, 0.2) is 0 Å². The van der Waals surface area contributed by atoms with Gasteiger partial charge in [-0.25, -0.2) is 15.1 Å². The van der Waals surface area contributed by atoms with Crippen molar-refractivity contribution in [1.29, 1.82) is 0 Å². The molecule has 0 radical (unpaired) electrons. The van der Waals surface area contributed by atoms with Gasteiger partial charge in [0.05, 0.1) is 6.61 Å². The molecule has 0 bridgehead atoms. The summed E-state index contributed by atoms with van der Waals surface area (Å²) >= 11 is 0. The Balaban J connectivity index is 2.91. The maximum absolute atomic E-state index is 13.0. The number of allylic oxidation sites excluding steroid dienone is 2. The van der Waals surface area contributed by atoms with Gasteiger partial charge in [0.25, 0.3) is 11.8 Å². The number of hydrogen-bond donors (Lipinski definition) is 1. The average Bonchev–Trinajstić information content (AvgIpc) is 3.19. The second-order valence-corrected chi connectivity index (χ2v) is 8.31. The van der Waals surface area contributed by atoms with Gasteiger partial charge in [0.1, 0.15) is 6.04 Å². The predicted octanol–water partition coefficient (Wildman–Crippen LogP) is 3.60. The van der Waals surface area contributed by atoms with Gasteiger partial charge in [-0.15, -0.1) is 5.06 Å². The molecule has 9 nitrogen and oxygen atoms in total. The minimum atomic E-state index is -0.962. The second-order valence-electron chi connectivity index (χ2n) is 8.31. The number of carbonyl (C=O) groups is 4. The van der Waals surface area contributed by atoms with Gasteiger partial charge in [-0.2, -0.15) is 0 Å². The van der Waals surface area contributed by atoms with Crippen LogP contribution in [0.25, 0.3) is 0 Å². The van der Waals surface area contributed by atoms with Crippen LogP contribution in [-0.2, 0) is 24.1 Å². The first kappa shape index (κ1) is 27.6. The summed E-state index contributed by atoms with van der Waals surface area (Å²) in [5.41, 5.74) is 2.34. The number of urea groups is 1. The average molecular weight is 454 g/mol. The molecule has 0 heterocycles. The van der Waals surface area contributed by atoms with Gasteiger partial charge in [-0.1, -0.05) is 52.7 Å². The van der Waals surface area contributed by atoms with Gasteiger partial charge in [0, 0.05) is 19.4 Å². The highest BCUT2D eigenvalue weighted by atomic mass is 16.7. The highest BCUT2D eigenvalue weighted by Gasteiger charge is 2.37. The van der Waals surface area contributed by atoms with Crippen LogP contribution < -0.4 is 5.48 Å². The lowest BCUT2D eigenvalue weighted by atomic mass is 9.91. The Hall–Kier alpha value is -2.42. The highest BCUT2D eigenvalue weighted by molar-refractivity contribution is 5.96. The Labute approximate surface area is 191 Å². The minimum absolute atomic E-state index is 0.0253. The molecule has 1 unspecified atom stereocenters. The zero-order chi connectivity index (χ0) is 24.3. The van der Waals surface area contributed by atoms with Crippen molar-refractivity contribution in [2.45, 2.75) is 79.7 Å². The topological polar surface area (TPSA) is 105 Å². The van der Waals surface area contributed by atoms with E-state index in [1.807, 2.05) is 26.0 Å². The largest absolute Gasteiger partial charge is 0.355 e. The van der Waals surface area contributed by atoms with E-state index < -0.39 is 35.8 Å². The molecule has 0 aliphatic heterocycles. The van der Waals surface area contributed by atoms with Crippen LogP contribution in [0.1, 0.15) is 73.6 Å². The Morgan fingerprint density at radius 2 is 1.81 bits per heavy atom. The molecule has 0 saturated carbocycles. The van der Waals surface area contributed by atoms with E-state index in [-0.39, 0.29) is 12.5 Å². The molecule has 0 aromatic heterocycles. The number of carbonyl (C=O) groups excluding carboxylic acids is 4. The van der Waals surface area contributed by atoms with Crippen molar-refractivity contribution in [3.05, 3.63) is 12.2 Å². The number of likely N-dealkylation sites (N-methyl/N-ethyl adjacent to an activating group) is 1. The number of imide groups is 1. The number of amides is 4. The predicted molar refractivity (Wildman–Crippen MR) is 120 cm³/mol. The molecule has 0 aromatic carbocycles. The highest BCUT2D eigenvalue weighted by Crippen LogP contribution is 2.30. The molecule has 0 saturated heterocycles. The number of hydroxylamine groups is 3. The normalized spacial score (nSPS) is 19.2. The lowest BCUT2D eigenvalue weighted by Gasteiger charge is -2.31. The van der Waals surface area contributed by atoms with E-state index in [1.165, 1.54) is 11.8 Å². The van der Waals surface area contributed by atoms with Crippen molar-refractivity contribution in [1.82, 2.24) is 15.4 Å². The lowest BCUT2D eigenvalue weighted by Crippen LogP contribution is -2.52. The maximum atomic E-state index is 13.0. The van der Waals surface area contributed by atoms with E-state index in [4.69, 9.17) is 9.68 Å².